The molecule has 1 atom stereocenters. The molecule has 1 aromatic rings. The van der Waals surface area contributed by atoms with E-state index in [-0.39, 0.29) is 11.6 Å². The van der Waals surface area contributed by atoms with Crippen LogP contribution in [-0.2, 0) is 4.74 Å². The van der Waals surface area contributed by atoms with E-state index in [4.69, 9.17) is 22.1 Å². The summed E-state index contributed by atoms with van der Waals surface area (Å²) in [5, 5.41) is 12.8. The minimum absolute atomic E-state index is 0.0577. The molecule has 116 valence electrons. The summed E-state index contributed by atoms with van der Waals surface area (Å²) in [6.07, 6.45) is 0. The van der Waals surface area contributed by atoms with Crippen LogP contribution in [-0.4, -0.2) is 54.9 Å². The molecule has 0 saturated carbocycles. The molecule has 0 aromatic heterocycles. The lowest BCUT2D eigenvalue weighted by Gasteiger charge is -2.30. The second-order valence-corrected chi connectivity index (χ2v) is 5.60. The molecule has 7 heteroatoms. The van der Waals surface area contributed by atoms with E-state index in [0.717, 1.165) is 32.8 Å². The Balaban J connectivity index is 2.09. The number of rotatable bonds is 5. The number of nitrogens with one attached hydrogen (secondary N) is 1. The van der Waals surface area contributed by atoms with E-state index < -0.39 is 5.97 Å². The minimum Gasteiger partial charge on any atom is -0.478 e. The first kappa shape index (κ1) is 15.9. The Kier molecular flexibility index (Phi) is 5.27. The lowest BCUT2D eigenvalue weighted by Crippen LogP contribution is -2.42. The number of halogens is 1. The van der Waals surface area contributed by atoms with Gasteiger partial charge in [0.05, 0.1) is 29.5 Å². The van der Waals surface area contributed by atoms with Crippen molar-refractivity contribution in [2.45, 2.75) is 13.0 Å². The minimum atomic E-state index is -1.05. The van der Waals surface area contributed by atoms with Crippen molar-refractivity contribution < 1.29 is 14.6 Å². The number of hydrogen-bond acceptors (Lipinski definition) is 5. The smallest absolute Gasteiger partial charge is 0.337 e. The van der Waals surface area contributed by atoms with Gasteiger partial charge in [-0.3, -0.25) is 4.90 Å². The Morgan fingerprint density at radius 2 is 2.19 bits per heavy atom. The van der Waals surface area contributed by atoms with Crippen molar-refractivity contribution in [3.63, 3.8) is 0 Å². The summed E-state index contributed by atoms with van der Waals surface area (Å²) in [4.78, 5) is 13.6. The van der Waals surface area contributed by atoms with Gasteiger partial charge in [0.1, 0.15) is 0 Å². The van der Waals surface area contributed by atoms with E-state index in [2.05, 4.69) is 10.2 Å². The van der Waals surface area contributed by atoms with Gasteiger partial charge in [-0.1, -0.05) is 11.6 Å². The monoisotopic (exact) mass is 313 g/mol. The maximum Gasteiger partial charge on any atom is 0.337 e. The van der Waals surface area contributed by atoms with Gasteiger partial charge >= 0.3 is 5.97 Å². The van der Waals surface area contributed by atoms with Gasteiger partial charge in [0.15, 0.2) is 0 Å². The zero-order valence-electron chi connectivity index (χ0n) is 11.9. The molecular weight excluding hydrogens is 294 g/mol. The fourth-order valence-electron chi connectivity index (χ4n) is 2.41. The van der Waals surface area contributed by atoms with Crippen LogP contribution < -0.4 is 11.1 Å². The number of carbonyl (C=O) groups is 1. The molecule has 6 nitrogen and oxygen atoms in total. The van der Waals surface area contributed by atoms with Gasteiger partial charge in [0.25, 0.3) is 0 Å². The molecule has 2 rings (SSSR count). The third-order valence-electron chi connectivity index (χ3n) is 3.37. The molecule has 1 aliphatic rings. The molecule has 0 spiro atoms. The van der Waals surface area contributed by atoms with Crippen LogP contribution in [0.1, 0.15) is 17.3 Å². The van der Waals surface area contributed by atoms with E-state index in [0.29, 0.717) is 16.4 Å². The van der Waals surface area contributed by atoms with E-state index in [9.17, 15) is 9.90 Å². The van der Waals surface area contributed by atoms with Crippen LogP contribution in [0.4, 0.5) is 11.4 Å². The van der Waals surface area contributed by atoms with E-state index in [1.165, 1.54) is 6.07 Å². The van der Waals surface area contributed by atoms with Crippen LogP contribution in [0.3, 0.4) is 0 Å². The van der Waals surface area contributed by atoms with Gasteiger partial charge in [0.2, 0.25) is 0 Å². The second kappa shape index (κ2) is 6.98. The summed E-state index contributed by atoms with van der Waals surface area (Å²) in [6.45, 7) is 6.02. The Labute approximate surface area is 128 Å². The number of morpholine rings is 1. The van der Waals surface area contributed by atoms with Gasteiger partial charge in [-0.15, -0.1) is 0 Å². The Bertz CT molecular complexity index is 518. The van der Waals surface area contributed by atoms with Gasteiger partial charge in [-0.2, -0.15) is 0 Å². The highest BCUT2D eigenvalue weighted by Gasteiger charge is 2.19. The van der Waals surface area contributed by atoms with E-state index >= 15 is 0 Å². The molecule has 0 bridgehead atoms. The molecule has 0 amide bonds. The number of carboxylic acid groups (broad SMARTS) is 1. The predicted molar refractivity (Wildman–Crippen MR) is 83.2 cm³/mol. The highest BCUT2D eigenvalue weighted by atomic mass is 35.5. The lowest BCUT2D eigenvalue weighted by molar-refractivity contribution is 0.0368. The molecule has 4 N–H and O–H groups in total. The fourth-order valence-corrected chi connectivity index (χ4v) is 2.69. The van der Waals surface area contributed by atoms with Crippen LogP contribution in [0.5, 0.6) is 0 Å². The third kappa shape index (κ3) is 4.23. The van der Waals surface area contributed by atoms with Crippen LogP contribution in [0.2, 0.25) is 5.02 Å². The second-order valence-electron chi connectivity index (χ2n) is 5.19. The first-order valence-corrected chi connectivity index (χ1v) is 7.24. The molecule has 1 fully saturated rings. The summed E-state index contributed by atoms with van der Waals surface area (Å²) < 4.78 is 5.31. The van der Waals surface area contributed by atoms with Crippen molar-refractivity contribution in [1.82, 2.24) is 4.90 Å². The van der Waals surface area contributed by atoms with Gasteiger partial charge in [-0.25, -0.2) is 4.79 Å². The number of nitrogens with two attached hydrogens (primary N) is 1. The molecule has 1 aliphatic heterocycles. The van der Waals surface area contributed by atoms with Gasteiger partial charge < -0.3 is 20.9 Å². The average Bonchev–Trinajstić information content (AvgIpc) is 2.42. The Hall–Kier alpha value is -1.50. The molecule has 21 heavy (non-hydrogen) atoms. The zero-order chi connectivity index (χ0) is 15.4. The molecule has 0 aliphatic carbocycles. The highest BCUT2D eigenvalue weighted by Crippen LogP contribution is 2.30. The van der Waals surface area contributed by atoms with Crippen molar-refractivity contribution in [3.8, 4) is 0 Å². The van der Waals surface area contributed by atoms with Crippen molar-refractivity contribution in [1.29, 1.82) is 0 Å². The van der Waals surface area contributed by atoms with Crippen LogP contribution in [0.15, 0.2) is 12.1 Å². The fraction of sp³-hybridized carbons (Fsp3) is 0.500. The number of anilines is 2. The summed E-state index contributed by atoms with van der Waals surface area (Å²) in [5.74, 6) is -1.05. The van der Waals surface area contributed by atoms with E-state index in [1.807, 2.05) is 6.92 Å². The summed E-state index contributed by atoms with van der Waals surface area (Å²) in [7, 11) is 0. The van der Waals surface area contributed by atoms with Crippen molar-refractivity contribution >= 4 is 28.9 Å². The molecule has 1 heterocycles. The number of carboxylic acids is 1. The Morgan fingerprint density at radius 1 is 1.52 bits per heavy atom. The molecule has 1 saturated heterocycles. The standard InChI is InChI=1S/C14H20ClN3O3/c1-9(8-18-2-4-21-5-3-18)17-13-11(14(19)20)6-10(16)7-12(13)15/h6-7,9,17H,2-5,8,16H2,1H3,(H,19,20). The molecule has 1 unspecified atom stereocenters. The van der Waals surface area contributed by atoms with Crippen LogP contribution in [0.25, 0.3) is 0 Å². The number of aromatic carboxylic acids is 1. The first-order chi connectivity index (χ1) is 9.97. The maximum atomic E-state index is 11.3. The van der Waals surface area contributed by atoms with E-state index in [1.54, 1.807) is 6.07 Å². The SMILES string of the molecule is CC(CN1CCOCC1)Nc1c(Cl)cc(N)cc1C(=O)O. The predicted octanol–water partition coefficient (Wildman–Crippen LogP) is 1.75. The van der Waals surface area contributed by atoms with Crippen LogP contribution >= 0.6 is 11.6 Å². The van der Waals surface area contributed by atoms with Crippen LogP contribution in [0, 0.1) is 0 Å². The lowest BCUT2D eigenvalue weighted by atomic mass is 10.1. The zero-order valence-corrected chi connectivity index (χ0v) is 12.7. The maximum absolute atomic E-state index is 11.3. The molecule has 0 radical (unpaired) electrons. The number of hydrogen-bond donors (Lipinski definition) is 3. The number of ether oxygens (including phenoxy) is 1. The Morgan fingerprint density at radius 3 is 2.81 bits per heavy atom. The average molecular weight is 314 g/mol. The van der Waals surface area contributed by atoms with Crippen molar-refractivity contribution in [3.05, 3.63) is 22.7 Å². The number of nitrogens with zero attached hydrogens (tertiary/aromatic N) is 1. The largest absolute Gasteiger partial charge is 0.478 e. The quantitative estimate of drug-likeness (QED) is 0.718. The third-order valence-corrected chi connectivity index (χ3v) is 3.67. The van der Waals surface area contributed by atoms with Gasteiger partial charge in [-0.05, 0) is 19.1 Å². The number of benzene rings is 1. The first-order valence-electron chi connectivity index (χ1n) is 6.86. The summed E-state index contributed by atoms with van der Waals surface area (Å²) in [5.41, 5.74) is 6.49. The molecule has 1 aromatic carbocycles. The summed E-state index contributed by atoms with van der Waals surface area (Å²) in [6, 6.07) is 3.03. The summed E-state index contributed by atoms with van der Waals surface area (Å²) >= 11 is 6.13. The highest BCUT2D eigenvalue weighted by molar-refractivity contribution is 6.34. The van der Waals surface area contributed by atoms with Crippen molar-refractivity contribution in [2.24, 2.45) is 0 Å². The van der Waals surface area contributed by atoms with Gasteiger partial charge in [0, 0.05) is 31.4 Å². The molecular formula is C14H20ClN3O3. The van der Waals surface area contributed by atoms with Crippen molar-refractivity contribution in [2.75, 3.05) is 43.9 Å². The number of nitrogen functional groups attached to an aromatic ring is 1. The normalized spacial score (nSPS) is 17.4. The topological polar surface area (TPSA) is 87.8 Å².